The third kappa shape index (κ3) is 1.69. The molecule has 4 aliphatic carbocycles. The normalized spacial score (nSPS) is 54.5. The Morgan fingerprint density at radius 2 is 1.81 bits per heavy atom. The number of carbonyl (C=O) groups is 1. The molecule has 5 N–H and O–H groups in total. The average molecular weight is 364 g/mol. The SMILES string of the molecule is CC1=C[C@H]2[C@]3(O)[C@H](C)[C@@H](O)[C@]4(O)[C@H]([C@H]3C=C(CO)C[C@]2(O)C1=O)C4(C)C. The minimum atomic E-state index is -1.84. The number of Topliss-reactive ketones (excluding diaryl/α,β-unsaturated/α-hetero) is 1. The second kappa shape index (κ2) is 4.86. The van der Waals surface area contributed by atoms with Crippen molar-refractivity contribution in [3.63, 3.8) is 0 Å². The Kier molecular flexibility index (Phi) is 3.42. The zero-order chi connectivity index (χ0) is 19.4. The number of ketones is 1. The molecule has 2 saturated carbocycles. The van der Waals surface area contributed by atoms with Crippen molar-refractivity contribution in [2.75, 3.05) is 6.61 Å². The van der Waals surface area contributed by atoms with Crippen molar-refractivity contribution >= 4 is 5.78 Å². The maximum Gasteiger partial charge on any atom is 0.190 e. The second-order valence-corrected chi connectivity index (χ2v) is 9.41. The number of fused-ring (bicyclic) bond motifs is 5. The summed E-state index contributed by atoms with van der Waals surface area (Å²) in [6, 6.07) is 0. The van der Waals surface area contributed by atoms with Gasteiger partial charge in [-0.25, -0.2) is 0 Å². The molecule has 0 heterocycles. The van der Waals surface area contributed by atoms with Gasteiger partial charge in [-0.2, -0.15) is 0 Å². The monoisotopic (exact) mass is 364 g/mol. The van der Waals surface area contributed by atoms with Crippen molar-refractivity contribution in [2.45, 2.75) is 57.0 Å². The number of rotatable bonds is 1. The Morgan fingerprint density at radius 3 is 2.38 bits per heavy atom. The molecule has 0 aromatic heterocycles. The smallest absolute Gasteiger partial charge is 0.190 e. The highest BCUT2D eigenvalue weighted by atomic mass is 16.4. The third-order valence-electron chi connectivity index (χ3n) is 8.04. The molecule has 6 heteroatoms. The van der Waals surface area contributed by atoms with Crippen molar-refractivity contribution in [3.8, 4) is 0 Å². The van der Waals surface area contributed by atoms with Crippen LogP contribution in [0.3, 0.4) is 0 Å². The van der Waals surface area contributed by atoms with Crippen LogP contribution in [0.1, 0.15) is 34.1 Å². The highest BCUT2D eigenvalue weighted by molar-refractivity contribution is 6.04. The summed E-state index contributed by atoms with van der Waals surface area (Å²) in [6.07, 6.45) is 2.08. The van der Waals surface area contributed by atoms with E-state index in [4.69, 9.17) is 0 Å². The molecule has 0 aliphatic heterocycles. The molecule has 2 fully saturated rings. The zero-order valence-corrected chi connectivity index (χ0v) is 15.6. The number of aliphatic hydroxyl groups is 5. The van der Waals surface area contributed by atoms with Crippen LogP contribution in [0.5, 0.6) is 0 Å². The summed E-state index contributed by atoms with van der Waals surface area (Å²) < 4.78 is 0. The molecule has 0 amide bonds. The fourth-order valence-electron chi connectivity index (χ4n) is 6.45. The lowest BCUT2D eigenvalue weighted by atomic mass is 9.59. The van der Waals surface area contributed by atoms with Gasteiger partial charge in [0.25, 0.3) is 0 Å². The first-order valence-electron chi connectivity index (χ1n) is 9.27. The molecule has 0 spiro atoms. The first-order chi connectivity index (χ1) is 11.9. The van der Waals surface area contributed by atoms with Gasteiger partial charge in [0.05, 0.1) is 18.3 Å². The Balaban J connectivity index is 1.96. The van der Waals surface area contributed by atoms with Crippen LogP contribution >= 0.6 is 0 Å². The van der Waals surface area contributed by atoms with Gasteiger partial charge in [0.1, 0.15) is 11.2 Å². The standard InChI is InChI=1S/C20H28O6/c1-9-5-13-18(24,15(9)22)7-11(8-21)6-12-14-17(3,4)20(14,26)16(23)10(2)19(12,13)25/h5-6,10,12-14,16,21,23-26H,7-8H2,1-4H3/t10-,12-,13-,14-,16-,18-,19+,20-/m1/s1. The van der Waals surface area contributed by atoms with Gasteiger partial charge in [0.15, 0.2) is 5.78 Å². The Morgan fingerprint density at radius 1 is 1.19 bits per heavy atom. The van der Waals surface area contributed by atoms with Crippen LogP contribution < -0.4 is 0 Å². The van der Waals surface area contributed by atoms with Crippen molar-refractivity contribution in [3.05, 3.63) is 23.3 Å². The van der Waals surface area contributed by atoms with Gasteiger partial charge in [-0.05, 0) is 18.1 Å². The summed E-state index contributed by atoms with van der Waals surface area (Å²) in [5.41, 5.74) is -4.57. The molecule has 8 atom stereocenters. The first kappa shape index (κ1) is 18.3. The van der Waals surface area contributed by atoms with E-state index in [9.17, 15) is 30.3 Å². The van der Waals surface area contributed by atoms with E-state index in [1.165, 1.54) is 0 Å². The van der Waals surface area contributed by atoms with Crippen LogP contribution in [0, 0.1) is 29.1 Å². The largest absolute Gasteiger partial charge is 0.392 e. The molecule has 6 nitrogen and oxygen atoms in total. The van der Waals surface area contributed by atoms with E-state index in [1.807, 2.05) is 13.8 Å². The number of hydrogen-bond donors (Lipinski definition) is 5. The Labute approximate surface area is 152 Å². The maximum absolute atomic E-state index is 12.7. The van der Waals surface area contributed by atoms with Gasteiger partial charge in [0, 0.05) is 35.5 Å². The maximum atomic E-state index is 12.7. The van der Waals surface area contributed by atoms with Gasteiger partial charge < -0.3 is 25.5 Å². The number of aliphatic hydroxyl groups excluding tert-OH is 2. The Bertz CT molecular complexity index is 753. The number of carbonyl (C=O) groups excluding carboxylic acids is 1. The molecular formula is C20H28O6. The lowest BCUT2D eigenvalue weighted by molar-refractivity contribution is -0.209. The summed E-state index contributed by atoms with van der Waals surface area (Å²) in [4.78, 5) is 12.7. The quantitative estimate of drug-likeness (QED) is 0.416. The molecule has 0 aromatic carbocycles. The zero-order valence-electron chi connectivity index (χ0n) is 15.6. The van der Waals surface area contributed by atoms with Crippen LogP contribution in [0.25, 0.3) is 0 Å². The van der Waals surface area contributed by atoms with Crippen molar-refractivity contribution in [1.82, 2.24) is 0 Å². The molecule has 0 unspecified atom stereocenters. The van der Waals surface area contributed by atoms with Crippen LogP contribution in [0.2, 0.25) is 0 Å². The van der Waals surface area contributed by atoms with E-state index >= 15 is 0 Å². The molecule has 0 radical (unpaired) electrons. The van der Waals surface area contributed by atoms with E-state index in [2.05, 4.69) is 0 Å². The van der Waals surface area contributed by atoms with Gasteiger partial charge in [-0.15, -0.1) is 0 Å². The lowest BCUT2D eigenvalue weighted by Crippen LogP contribution is -2.65. The molecule has 0 saturated heterocycles. The number of hydrogen-bond acceptors (Lipinski definition) is 6. The van der Waals surface area contributed by atoms with E-state index in [-0.39, 0.29) is 13.0 Å². The van der Waals surface area contributed by atoms with E-state index in [0.29, 0.717) is 11.1 Å². The summed E-state index contributed by atoms with van der Waals surface area (Å²) >= 11 is 0. The molecule has 144 valence electrons. The molecular weight excluding hydrogens is 336 g/mol. The highest BCUT2D eigenvalue weighted by Gasteiger charge is 2.84. The average Bonchev–Trinajstić information content (AvgIpc) is 2.97. The van der Waals surface area contributed by atoms with Crippen molar-refractivity contribution < 1.29 is 30.3 Å². The van der Waals surface area contributed by atoms with E-state index < -0.39 is 57.8 Å². The fraction of sp³-hybridized carbons (Fsp3) is 0.750. The van der Waals surface area contributed by atoms with Crippen LogP contribution in [-0.2, 0) is 4.79 Å². The minimum absolute atomic E-state index is 0.0615. The van der Waals surface area contributed by atoms with Gasteiger partial charge >= 0.3 is 0 Å². The van der Waals surface area contributed by atoms with Crippen molar-refractivity contribution in [2.24, 2.45) is 29.1 Å². The third-order valence-corrected chi connectivity index (χ3v) is 8.04. The molecule has 4 rings (SSSR count). The summed E-state index contributed by atoms with van der Waals surface area (Å²) in [5.74, 6) is -3.14. The lowest BCUT2D eigenvalue weighted by Gasteiger charge is -2.51. The molecule has 0 bridgehead atoms. The first-order valence-corrected chi connectivity index (χ1v) is 9.27. The van der Waals surface area contributed by atoms with Crippen LogP contribution in [-0.4, -0.2) is 60.8 Å². The van der Waals surface area contributed by atoms with Gasteiger partial charge in [-0.3, -0.25) is 4.79 Å². The summed E-state index contributed by atoms with van der Waals surface area (Å²) in [7, 11) is 0. The predicted molar refractivity (Wildman–Crippen MR) is 92.8 cm³/mol. The second-order valence-electron chi connectivity index (χ2n) is 9.41. The molecule has 0 aromatic rings. The van der Waals surface area contributed by atoms with Gasteiger partial charge in [0.2, 0.25) is 0 Å². The Hall–Kier alpha value is -1.05. The van der Waals surface area contributed by atoms with Crippen molar-refractivity contribution in [1.29, 1.82) is 0 Å². The van der Waals surface area contributed by atoms with Gasteiger partial charge in [-0.1, -0.05) is 32.9 Å². The predicted octanol–water partition coefficient (Wildman–Crippen LogP) is -0.0699. The minimum Gasteiger partial charge on any atom is -0.392 e. The molecule has 26 heavy (non-hydrogen) atoms. The van der Waals surface area contributed by atoms with Crippen LogP contribution in [0.4, 0.5) is 0 Å². The van der Waals surface area contributed by atoms with E-state index in [1.54, 1.807) is 26.0 Å². The van der Waals surface area contributed by atoms with E-state index in [0.717, 1.165) is 0 Å². The topological polar surface area (TPSA) is 118 Å². The van der Waals surface area contributed by atoms with Crippen LogP contribution in [0.15, 0.2) is 23.3 Å². The molecule has 4 aliphatic rings. The summed E-state index contributed by atoms with van der Waals surface area (Å²) in [6.45, 7) is 6.63. The fourth-order valence-corrected chi connectivity index (χ4v) is 6.45. The summed E-state index contributed by atoms with van der Waals surface area (Å²) in [5, 5.41) is 54.9. The highest BCUT2D eigenvalue weighted by Crippen LogP contribution is 2.74.